The molecule has 74 valence electrons. The van der Waals surface area contributed by atoms with Crippen molar-refractivity contribution in [2.45, 2.75) is 30.6 Å². The van der Waals surface area contributed by atoms with E-state index in [-0.39, 0.29) is 12.1 Å². The van der Waals surface area contributed by atoms with Crippen LogP contribution in [0.2, 0.25) is 0 Å². The number of rotatable bonds is 4. The van der Waals surface area contributed by atoms with Gasteiger partial charge in [0.2, 0.25) is 0 Å². The number of aliphatic hydroxyl groups is 1. The number of nitrogens with one attached hydrogen (secondary N) is 1. The quantitative estimate of drug-likeness (QED) is 0.657. The van der Waals surface area contributed by atoms with Gasteiger partial charge >= 0.3 is 0 Å². The third kappa shape index (κ3) is 2.37. The van der Waals surface area contributed by atoms with Gasteiger partial charge in [0, 0.05) is 11.9 Å². The van der Waals surface area contributed by atoms with E-state index < -0.39 is 0 Å². The first-order valence-corrected chi connectivity index (χ1v) is 5.69. The van der Waals surface area contributed by atoms with E-state index in [0.29, 0.717) is 5.25 Å². The molecule has 0 aliphatic carbocycles. The van der Waals surface area contributed by atoms with E-state index in [0.717, 1.165) is 25.1 Å². The standard InChI is InChI=1S/C9H16N2OS/c1-8-9(7-10,3-6-13-8)11-4-2-5-12/h8,11-12H,2-6H2,1H3. The van der Waals surface area contributed by atoms with Crippen LogP contribution in [0.25, 0.3) is 0 Å². The summed E-state index contributed by atoms with van der Waals surface area (Å²) in [5, 5.41) is 21.3. The number of aliphatic hydroxyl groups excluding tert-OH is 1. The van der Waals surface area contributed by atoms with Crippen LogP contribution in [0.1, 0.15) is 19.8 Å². The molecule has 1 rings (SSSR count). The zero-order chi connectivity index (χ0) is 9.73. The normalized spacial score (nSPS) is 33.2. The average molecular weight is 200 g/mol. The first kappa shape index (κ1) is 10.8. The zero-order valence-electron chi connectivity index (χ0n) is 7.92. The van der Waals surface area contributed by atoms with Gasteiger partial charge in [-0.05, 0) is 25.1 Å². The Morgan fingerprint density at radius 3 is 3.00 bits per heavy atom. The van der Waals surface area contributed by atoms with Crippen LogP contribution >= 0.6 is 11.8 Å². The van der Waals surface area contributed by atoms with Gasteiger partial charge in [-0.15, -0.1) is 0 Å². The van der Waals surface area contributed by atoms with Gasteiger partial charge in [-0.3, -0.25) is 5.32 Å². The highest BCUT2D eigenvalue weighted by molar-refractivity contribution is 8.00. The Morgan fingerprint density at radius 2 is 2.54 bits per heavy atom. The molecular formula is C9H16N2OS. The summed E-state index contributed by atoms with van der Waals surface area (Å²) in [5.74, 6) is 1.06. The fraction of sp³-hybridized carbons (Fsp3) is 0.889. The lowest BCUT2D eigenvalue weighted by Gasteiger charge is -2.26. The van der Waals surface area contributed by atoms with Crippen LogP contribution in [0.3, 0.4) is 0 Å². The fourth-order valence-electron chi connectivity index (χ4n) is 1.55. The second kappa shape index (κ2) is 4.85. The minimum absolute atomic E-state index is 0.191. The van der Waals surface area contributed by atoms with Crippen LogP contribution in [0.15, 0.2) is 0 Å². The SMILES string of the molecule is CC1SCCC1(C#N)NCCCO. The monoisotopic (exact) mass is 200 g/mol. The first-order valence-electron chi connectivity index (χ1n) is 4.64. The summed E-state index contributed by atoms with van der Waals surface area (Å²) in [7, 11) is 0. The van der Waals surface area contributed by atoms with E-state index >= 15 is 0 Å². The summed E-state index contributed by atoms with van der Waals surface area (Å²) in [4.78, 5) is 0. The molecule has 1 saturated heterocycles. The maximum Gasteiger partial charge on any atom is 0.119 e. The van der Waals surface area contributed by atoms with Gasteiger partial charge in [0.15, 0.2) is 0 Å². The Hall–Kier alpha value is -0.240. The Balaban J connectivity index is 2.46. The molecule has 0 aromatic rings. The van der Waals surface area contributed by atoms with Crippen molar-refractivity contribution in [3.63, 3.8) is 0 Å². The Bertz CT molecular complexity index is 204. The lowest BCUT2D eigenvalue weighted by atomic mass is 9.94. The smallest absolute Gasteiger partial charge is 0.119 e. The molecule has 1 fully saturated rings. The van der Waals surface area contributed by atoms with Crippen molar-refractivity contribution in [2.75, 3.05) is 18.9 Å². The van der Waals surface area contributed by atoms with E-state index in [4.69, 9.17) is 10.4 Å². The molecule has 2 N–H and O–H groups in total. The maximum absolute atomic E-state index is 9.10. The lowest BCUT2D eigenvalue weighted by molar-refractivity contribution is 0.277. The summed E-state index contributed by atoms with van der Waals surface area (Å²) in [6, 6.07) is 2.37. The Labute approximate surface area is 83.5 Å². The Kier molecular flexibility index (Phi) is 4.04. The van der Waals surface area contributed by atoms with E-state index in [1.165, 1.54) is 0 Å². The van der Waals surface area contributed by atoms with Crippen LogP contribution in [0, 0.1) is 11.3 Å². The van der Waals surface area contributed by atoms with Gasteiger partial charge in [-0.2, -0.15) is 17.0 Å². The molecule has 1 aliphatic rings. The summed E-state index contributed by atoms with van der Waals surface area (Å²) >= 11 is 1.84. The molecule has 4 heteroatoms. The molecule has 0 saturated carbocycles. The van der Waals surface area contributed by atoms with Gasteiger partial charge in [-0.1, -0.05) is 6.92 Å². The van der Waals surface area contributed by atoms with Crippen LogP contribution in [-0.2, 0) is 0 Å². The minimum Gasteiger partial charge on any atom is -0.396 e. The van der Waals surface area contributed by atoms with Crippen LogP contribution < -0.4 is 5.32 Å². The number of nitrogens with zero attached hydrogens (tertiary/aromatic N) is 1. The topological polar surface area (TPSA) is 56.0 Å². The van der Waals surface area contributed by atoms with Crippen molar-refractivity contribution in [1.29, 1.82) is 5.26 Å². The molecular weight excluding hydrogens is 184 g/mol. The van der Waals surface area contributed by atoms with Crippen molar-refractivity contribution in [2.24, 2.45) is 0 Å². The van der Waals surface area contributed by atoms with Crippen molar-refractivity contribution < 1.29 is 5.11 Å². The number of hydrogen-bond acceptors (Lipinski definition) is 4. The summed E-state index contributed by atoms with van der Waals surface area (Å²) in [5.41, 5.74) is -0.347. The van der Waals surface area contributed by atoms with Gasteiger partial charge in [0.1, 0.15) is 5.54 Å². The second-order valence-corrected chi connectivity index (χ2v) is 4.80. The van der Waals surface area contributed by atoms with Gasteiger partial charge in [0.05, 0.1) is 6.07 Å². The molecule has 1 aliphatic heterocycles. The predicted molar refractivity (Wildman–Crippen MR) is 54.6 cm³/mol. The maximum atomic E-state index is 9.10. The highest BCUT2D eigenvalue weighted by atomic mass is 32.2. The molecule has 0 aromatic heterocycles. The molecule has 0 radical (unpaired) electrons. The zero-order valence-corrected chi connectivity index (χ0v) is 8.73. The molecule has 0 spiro atoms. The van der Waals surface area contributed by atoms with E-state index in [1.807, 2.05) is 11.8 Å². The molecule has 2 unspecified atom stereocenters. The van der Waals surface area contributed by atoms with Gasteiger partial charge < -0.3 is 5.11 Å². The molecule has 0 amide bonds. The van der Waals surface area contributed by atoms with Gasteiger partial charge in [-0.25, -0.2) is 0 Å². The Morgan fingerprint density at radius 1 is 1.77 bits per heavy atom. The second-order valence-electron chi connectivity index (χ2n) is 3.35. The third-order valence-electron chi connectivity index (χ3n) is 2.53. The largest absolute Gasteiger partial charge is 0.396 e. The highest BCUT2D eigenvalue weighted by Gasteiger charge is 2.40. The number of thioether (sulfide) groups is 1. The van der Waals surface area contributed by atoms with E-state index in [1.54, 1.807) is 0 Å². The minimum atomic E-state index is -0.347. The molecule has 0 aromatic carbocycles. The van der Waals surface area contributed by atoms with Crippen molar-refractivity contribution in [3.8, 4) is 6.07 Å². The first-order chi connectivity index (χ1) is 6.25. The summed E-state index contributed by atoms with van der Waals surface area (Å²) in [6.45, 7) is 3.01. The molecule has 1 heterocycles. The molecule has 3 nitrogen and oxygen atoms in total. The van der Waals surface area contributed by atoms with Crippen molar-refractivity contribution in [3.05, 3.63) is 0 Å². The average Bonchev–Trinajstić information content (AvgIpc) is 2.49. The predicted octanol–water partition coefficient (Wildman–Crippen LogP) is 0.746. The number of hydrogen-bond donors (Lipinski definition) is 2. The van der Waals surface area contributed by atoms with Crippen molar-refractivity contribution in [1.82, 2.24) is 5.32 Å². The lowest BCUT2D eigenvalue weighted by Crippen LogP contribution is -2.48. The van der Waals surface area contributed by atoms with Crippen LogP contribution in [0.5, 0.6) is 0 Å². The number of nitriles is 1. The molecule has 0 bridgehead atoms. The van der Waals surface area contributed by atoms with Gasteiger partial charge in [0.25, 0.3) is 0 Å². The fourth-order valence-corrected chi connectivity index (χ4v) is 2.88. The van der Waals surface area contributed by atoms with Crippen LogP contribution in [0.4, 0.5) is 0 Å². The van der Waals surface area contributed by atoms with E-state index in [9.17, 15) is 0 Å². The van der Waals surface area contributed by atoms with Crippen LogP contribution in [-0.4, -0.2) is 34.8 Å². The van der Waals surface area contributed by atoms with Crippen molar-refractivity contribution >= 4 is 11.8 Å². The molecule has 13 heavy (non-hydrogen) atoms. The third-order valence-corrected chi connectivity index (χ3v) is 3.88. The summed E-state index contributed by atoms with van der Waals surface area (Å²) in [6.07, 6.45) is 1.64. The highest BCUT2D eigenvalue weighted by Crippen LogP contribution is 2.34. The summed E-state index contributed by atoms with van der Waals surface area (Å²) < 4.78 is 0. The molecule has 2 atom stereocenters. The van der Waals surface area contributed by atoms with E-state index in [2.05, 4.69) is 18.3 Å².